The van der Waals surface area contributed by atoms with Crippen LogP contribution < -0.4 is 5.32 Å². The van der Waals surface area contributed by atoms with Gasteiger partial charge in [0.05, 0.1) is 25.8 Å². The lowest BCUT2D eigenvalue weighted by atomic mass is 10.2. The van der Waals surface area contributed by atoms with Gasteiger partial charge >= 0.3 is 0 Å². The quantitative estimate of drug-likeness (QED) is 0.652. The van der Waals surface area contributed by atoms with Gasteiger partial charge in [-0.2, -0.15) is 0 Å². The van der Waals surface area contributed by atoms with Crippen molar-refractivity contribution in [3.8, 4) is 0 Å². The van der Waals surface area contributed by atoms with E-state index in [0.717, 1.165) is 4.47 Å². The standard InChI is InChI=1S/C13H7Br2Cl2NO/c14-7-4-5-8(10(17)6-7)13(19)18-11-3-1-2-9(16)12(11)15/h1-6H,(H,18,19). The van der Waals surface area contributed by atoms with Gasteiger partial charge in [0.2, 0.25) is 0 Å². The second-order valence-electron chi connectivity index (χ2n) is 3.68. The molecule has 0 saturated carbocycles. The van der Waals surface area contributed by atoms with Gasteiger partial charge in [-0.15, -0.1) is 0 Å². The fourth-order valence-corrected chi connectivity index (χ4v) is 2.76. The van der Waals surface area contributed by atoms with Gasteiger partial charge in [0.1, 0.15) is 0 Å². The van der Waals surface area contributed by atoms with Crippen molar-refractivity contribution in [2.24, 2.45) is 0 Å². The van der Waals surface area contributed by atoms with E-state index in [9.17, 15) is 4.79 Å². The van der Waals surface area contributed by atoms with Crippen molar-refractivity contribution in [1.82, 2.24) is 0 Å². The Balaban J connectivity index is 2.28. The van der Waals surface area contributed by atoms with Gasteiger partial charge in [-0.25, -0.2) is 0 Å². The van der Waals surface area contributed by atoms with Crippen LogP contribution in [-0.2, 0) is 0 Å². The number of carbonyl (C=O) groups is 1. The third-order valence-electron chi connectivity index (χ3n) is 2.38. The van der Waals surface area contributed by atoms with Gasteiger partial charge in [-0.05, 0) is 46.3 Å². The van der Waals surface area contributed by atoms with Crippen LogP contribution in [0.5, 0.6) is 0 Å². The Morgan fingerprint density at radius 2 is 1.79 bits per heavy atom. The first-order valence-electron chi connectivity index (χ1n) is 5.19. The van der Waals surface area contributed by atoms with E-state index in [-0.39, 0.29) is 5.91 Å². The van der Waals surface area contributed by atoms with Gasteiger partial charge in [0.15, 0.2) is 0 Å². The van der Waals surface area contributed by atoms with Crippen LogP contribution in [0.15, 0.2) is 45.3 Å². The highest BCUT2D eigenvalue weighted by atomic mass is 79.9. The number of amides is 1. The van der Waals surface area contributed by atoms with Crippen LogP contribution in [0.4, 0.5) is 5.69 Å². The van der Waals surface area contributed by atoms with E-state index < -0.39 is 0 Å². The Morgan fingerprint density at radius 1 is 1.05 bits per heavy atom. The van der Waals surface area contributed by atoms with Gasteiger partial charge in [0, 0.05) is 4.47 Å². The summed E-state index contributed by atoms with van der Waals surface area (Å²) in [6.07, 6.45) is 0. The molecule has 0 fully saturated rings. The first-order chi connectivity index (χ1) is 8.99. The second-order valence-corrected chi connectivity index (χ2v) is 6.20. The number of anilines is 1. The Labute approximate surface area is 137 Å². The summed E-state index contributed by atoms with van der Waals surface area (Å²) in [6.45, 7) is 0. The molecule has 0 aliphatic rings. The largest absolute Gasteiger partial charge is 0.321 e. The van der Waals surface area contributed by atoms with Crippen LogP contribution in [0.3, 0.4) is 0 Å². The Kier molecular flexibility index (Phi) is 4.90. The van der Waals surface area contributed by atoms with Crippen LogP contribution in [0.2, 0.25) is 10.0 Å². The highest BCUT2D eigenvalue weighted by molar-refractivity contribution is 9.11. The Bertz CT molecular complexity index is 647. The van der Waals surface area contributed by atoms with Crippen molar-refractivity contribution >= 4 is 66.7 Å². The summed E-state index contributed by atoms with van der Waals surface area (Å²) in [4.78, 5) is 12.1. The molecule has 0 bridgehead atoms. The number of benzene rings is 2. The Hall–Kier alpha value is -0.550. The van der Waals surface area contributed by atoms with Gasteiger partial charge < -0.3 is 5.32 Å². The predicted molar refractivity (Wildman–Crippen MR) is 86.3 cm³/mol. The molecular formula is C13H7Br2Cl2NO. The monoisotopic (exact) mass is 421 g/mol. The summed E-state index contributed by atoms with van der Waals surface area (Å²) in [6, 6.07) is 10.3. The van der Waals surface area contributed by atoms with Gasteiger partial charge in [-0.3, -0.25) is 4.79 Å². The van der Waals surface area contributed by atoms with Crippen molar-refractivity contribution < 1.29 is 4.79 Å². The number of hydrogen-bond acceptors (Lipinski definition) is 1. The zero-order valence-corrected chi connectivity index (χ0v) is 14.1. The highest BCUT2D eigenvalue weighted by Gasteiger charge is 2.13. The lowest BCUT2D eigenvalue weighted by Crippen LogP contribution is -2.12. The molecule has 0 radical (unpaired) electrons. The molecule has 0 unspecified atom stereocenters. The zero-order chi connectivity index (χ0) is 14.0. The smallest absolute Gasteiger partial charge is 0.257 e. The van der Waals surface area contributed by atoms with E-state index >= 15 is 0 Å². The molecular weight excluding hydrogens is 417 g/mol. The summed E-state index contributed by atoms with van der Waals surface area (Å²) in [5, 5.41) is 3.66. The summed E-state index contributed by atoms with van der Waals surface area (Å²) in [7, 11) is 0. The maximum atomic E-state index is 12.1. The molecule has 0 heterocycles. The molecule has 6 heteroatoms. The van der Waals surface area contributed by atoms with Crippen LogP contribution in [0, 0.1) is 0 Å². The minimum atomic E-state index is -0.291. The predicted octanol–water partition coefficient (Wildman–Crippen LogP) is 5.77. The van der Waals surface area contributed by atoms with E-state index in [2.05, 4.69) is 37.2 Å². The molecule has 1 amide bonds. The molecule has 2 aromatic carbocycles. The number of nitrogens with one attached hydrogen (secondary N) is 1. The minimum absolute atomic E-state index is 0.291. The molecule has 2 nitrogen and oxygen atoms in total. The fourth-order valence-electron chi connectivity index (χ4n) is 1.46. The zero-order valence-electron chi connectivity index (χ0n) is 9.38. The van der Waals surface area contributed by atoms with Gasteiger partial charge in [0.25, 0.3) is 5.91 Å². The van der Waals surface area contributed by atoms with E-state index in [1.165, 1.54) is 0 Å². The van der Waals surface area contributed by atoms with Crippen LogP contribution in [-0.4, -0.2) is 5.91 Å². The Morgan fingerprint density at radius 3 is 2.47 bits per heavy atom. The molecule has 0 spiro atoms. The first-order valence-corrected chi connectivity index (χ1v) is 7.53. The molecule has 19 heavy (non-hydrogen) atoms. The third-order valence-corrected chi connectivity index (χ3v) is 4.58. The van der Waals surface area contributed by atoms with Crippen LogP contribution in [0.1, 0.15) is 10.4 Å². The molecule has 1 N–H and O–H groups in total. The average molecular weight is 424 g/mol. The van der Waals surface area contributed by atoms with Gasteiger partial charge in [-0.1, -0.05) is 45.2 Å². The molecule has 0 aromatic heterocycles. The molecule has 98 valence electrons. The number of rotatable bonds is 2. The molecule has 0 saturated heterocycles. The summed E-state index contributed by atoms with van der Waals surface area (Å²) in [5.74, 6) is -0.291. The minimum Gasteiger partial charge on any atom is -0.321 e. The van der Waals surface area contributed by atoms with Crippen molar-refractivity contribution in [3.05, 3.63) is 61.0 Å². The van der Waals surface area contributed by atoms with Crippen LogP contribution >= 0.6 is 55.1 Å². The molecule has 0 aliphatic carbocycles. The lowest BCUT2D eigenvalue weighted by Gasteiger charge is -2.09. The summed E-state index contributed by atoms with van der Waals surface area (Å²) >= 11 is 18.6. The maximum Gasteiger partial charge on any atom is 0.257 e. The van der Waals surface area contributed by atoms with Crippen molar-refractivity contribution in [3.63, 3.8) is 0 Å². The van der Waals surface area contributed by atoms with E-state index in [4.69, 9.17) is 23.2 Å². The normalized spacial score (nSPS) is 10.3. The third kappa shape index (κ3) is 3.51. The summed E-state index contributed by atoms with van der Waals surface area (Å²) < 4.78 is 1.45. The molecule has 0 aliphatic heterocycles. The van der Waals surface area contributed by atoms with E-state index in [0.29, 0.717) is 25.8 Å². The molecule has 0 atom stereocenters. The lowest BCUT2D eigenvalue weighted by molar-refractivity contribution is 0.102. The molecule has 2 rings (SSSR count). The maximum absolute atomic E-state index is 12.1. The average Bonchev–Trinajstić information content (AvgIpc) is 2.34. The SMILES string of the molecule is O=C(Nc1cccc(Cl)c1Br)c1ccc(Br)cc1Cl. The number of halogens is 4. The van der Waals surface area contributed by atoms with Crippen molar-refractivity contribution in [2.75, 3.05) is 5.32 Å². The second kappa shape index (κ2) is 6.27. The summed E-state index contributed by atoms with van der Waals surface area (Å²) in [5.41, 5.74) is 0.994. The number of carbonyl (C=O) groups excluding carboxylic acids is 1. The number of hydrogen-bond donors (Lipinski definition) is 1. The highest BCUT2D eigenvalue weighted by Crippen LogP contribution is 2.31. The topological polar surface area (TPSA) is 29.1 Å². The first kappa shape index (κ1) is 14.9. The molecule has 2 aromatic rings. The van der Waals surface area contributed by atoms with Crippen molar-refractivity contribution in [1.29, 1.82) is 0 Å². The van der Waals surface area contributed by atoms with Crippen molar-refractivity contribution in [2.45, 2.75) is 0 Å². The van der Waals surface area contributed by atoms with E-state index in [1.807, 2.05) is 0 Å². The van der Waals surface area contributed by atoms with Crippen LogP contribution in [0.25, 0.3) is 0 Å². The van der Waals surface area contributed by atoms with E-state index in [1.54, 1.807) is 36.4 Å². The fraction of sp³-hybridized carbons (Fsp3) is 0.